The molecule has 0 saturated heterocycles. The van der Waals surface area contributed by atoms with Crippen LogP contribution in [0.5, 0.6) is 11.5 Å². The van der Waals surface area contributed by atoms with Crippen LogP contribution in [-0.2, 0) is 26.2 Å². The van der Waals surface area contributed by atoms with E-state index in [-0.39, 0.29) is 24.0 Å². The molecule has 4 rings (SSSR count). The fraction of sp³-hybridized carbons (Fsp3) is 0.129. The fourth-order valence-electron chi connectivity index (χ4n) is 3.81. The molecule has 2 amide bonds. The van der Waals surface area contributed by atoms with Crippen LogP contribution in [0.15, 0.2) is 113 Å². The third-order valence-corrected chi connectivity index (χ3v) is 8.06. The molecule has 0 aliphatic rings. The Morgan fingerprint density at radius 3 is 2.16 bits per heavy atom. The molecule has 0 fully saturated rings. The van der Waals surface area contributed by atoms with E-state index in [0.29, 0.717) is 27.8 Å². The Bertz CT molecular complexity index is 1650. The molecule has 0 bridgehead atoms. The minimum atomic E-state index is -4.01. The second-order valence-corrected chi connectivity index (χ2v) is 11.5. The van der Waals surface area contributed by atoms with E-state index in [4.69, 9.17) is 21.1 Å². The Morgan fingerprint density at radius 2 is 1.51 bits per heavy atom. The van der Waals surface area contributed by atoms with Crippen molar-refractivity contribution in [1.82, 2.24) is 9.73 Å². The zero-order valence-corrected chi connectivity index (χ0v) is 24.7. The number of nitrogens with one attached hydrogen (secondary N) is 2. The summed E-state index contributed by atoms with van der Waals surface area (Å²) in [6.45, 7) is -0.654. The lowest BCUT2D eigenvalue weighted by molar-refractivity contribution is -0.121. The largest absolute Gasteiger partial charge is 0.497 e. The van der Waals surface area contributed by atoms with Crippen LogP contribution >= 0.6 is 11.6 Å². The number of methoxy groups -OCH3 is 1. The van der Waals surface area contributed by atoms with Crippen molar-refractivity contribution in [3.05, 3.63) is 119 Å². The first-order chi connectivity index (χ1) is 20.7. The molecule has 0 aliphatic heterocycles. The van der Waals surface area contributed by atoms with Gasteiger partial charge in [-0.3, -0.25) is 9.59 Å². The molecule has 0 atom stereocenters. The Kier molecular flexibility index (Phi) is 10.9. The van der Waals surface area contributed by atoms with Gasteiger partial charge in [0, 0.05) is 17.3 Å². The third kappa shape index (κ3) is 9.40. The number of halogens is 1. The summed E-state index contributed by atoms with van der Waals surface area (Å²) >= 11 is 5.92. The molecule has 0 aromatic heterocycles. The number of hydrogen-bond acceptors (Lipinski definition) is 7. The minimum Gasteiger partial charge on any atom is -0.497 e. The molecule has 222 valence electrons. The van der Waals surface area contributed by atoms with Crippen molar-refractivity contribution in [2.24, 2.45) is 5.10 Å². The van der Waals surface area contributed by atoms with Crippen molar-refractivity contribution in [3.63, 3.8) is 0 Å². The van der Waals surface area contributed by atoms with Gasteiger partial charge in [0.05, 0.1) is 24.8 Å². The Balaban J connectivity index is 1.31. The lowest BCUT2D eigenvalue weighted by Gasteiger charge is -2.21. The topological polar surface area (TPSA) is 126 Å². The van der Waals surface area contributed by atoms with Gasteiger partial charge in [0.1, 0.15) is 11.5 Å². The number of anilines is 1. The van der Waals surface area contributed by atoms with Crippen LogP contribution in [0.4, 0.5) is 5.69 Å². The van der Waals surface area contributed by atoms with E-state index in [0.717, 1.165) is 9.87 Å². The van der Waals surface area contributed by atoms with Gasteiger partial charge >= 0.3 is 0 Å². The number of carbonyl (C=O) groups excluding carboxylic acids is 2. The van der Waals surface area contributed by atoms with Crippen molar-refractivity contribution in [3.8, 4) is 11.5 Å². The first kappa shape index (κ1) is 31.2. The monoisotopic (exact) mass is 620 g/mol. The molecule has 10 nitrogen and oxygen atoms in total. The van der Waals surface area contributed by atoms with E-state index >= 15 is 0 Å². The van der Waals surface area contributed by atoms with Crippen LogP contribution in [0.1, 0.15) is 11.1 Å². The number of hydrazone groups is 1. The normalized spacial score (nSPS) is 11.3. The maximum absolute atomic E-state index is 13.3. The standard InChI is InChI=1S/C31H29ClN4O6S/c1-41-27-15-11-26(12-16-27)34-31(38)22-42-28-13-7-23(8-14-28)19-33-35-30(37)21-36(20-24-5-3-2-4-6-24)43(39,40)29-17-9-25(32)10-18-29/h2-19H,20-22H2,1H3,(H,34,38)(H,35,37)/b33-19+. The van der Waals surface area contributed by atoms with Gasteiger partial charge in [-0.1, -0.05) is 41.9 Å². The number of rotatable bonds is 13. The second kappa shape index (κ2) is 15.0. The van der Waals surface area contributed by atoms with Crippen molar-refractivity contribution in [2.45, 2.75) is 11.4 Å². The van der Waals surface area contributed by atoms with E-state index in [1.165, 1.54) is 30.5 Å². The van der Waals surface area contributed by atoms with Crippen LogP contribution in [0.25, 0.3) is 0 Å². The average Bonchev–Trinajstić information content (AvgIpc) is 3.01. The van der Waals surface area contributed by atoms with E-state index in [1.54, 1.807) is 79.9 Å². The molecular formula is C31H29ClN4O6S. The van der Waals surface area contributed by atoms with Crippen molar-refractivity contribution in [2.75, 3.05) is 25.6 Å². The summed E-state index contributed by atoms with van der Waals surface area (Å²) in [5.41, 5.74) is 4.36. The summed E-state index contributed by atoms with van der Waals surface area (Å²) in [5, 5.41) is 7.09. The van der Waals surface area contributed by atoms with Crippen molar-refractivity contribution in [1.29, 1.82) is 0 Å². The van der Waals surface area contributed by atoms with Crippen molar-refractivity contribution >= 4 is 45.3 Å². The van der Waals surface area contributed by atoms with Gasteiger partial charge in [-0.2, -0.15) is 9.41 Å². The molecule has 43 heavy (non-hydrogen) atoms. The van der Waals surface area contributed by atoms with E-state index in [1.807, 2.05) is 6.07 Å². The molecule has 0 radical (unpaired) electrons. The molecule has 12 heteroatoms. The highest BCUT2D eigenvalue weighted by Crippen LogP contribution is 2.21. The van der Waals surface area contributed by atoms with Crippen LogP contribution in [0.2, 0.25) is 5.02 Å². The summed E-state index contributed by atoms with van der Waals surface area (Å²) in [7, 11) is -2.45. The number of ether oxygens (including phenoxy) is 2. The maximum atomic E-state index is 13.3. The van der Waals surface area contributed by atoms with E-state index < -0.39 is 22.5 Å². The van der Waals surface area contributed by atoms with Gasteiger partial charge in [-0.25, -0.2) is 13.8 Å². The minimum absolute atomic E-state index is 0.0114. The van der Waals surface area contributed by atoms with Crippen molar-refractivity contribution < 1.29 is 27.5 Å². The van der Waals surface area contributed by atoms with Gasteiger partial charge < -0.3 is 14.8 Å². The summed E-state index contributed by atoms with van der Waals surface area (Å²) in [4.78, 5) is 24.9. The fourth-order valence-corrected chi connectivity index (χ4v) is 5.32. The average molecular weight is 621 g/mol. The van der Waals surface area contributed by atoms with Gasteiger partial charge in [-0.15, -0.1) is 0 Å². The predicted molar refractivity (Wildman–Crippen MR) is 165 cm³/mol. The number of benzene rings is 4. The highest BCUT2D eigenvalue weighted by molar-refractivity contribution is 7.89. The number of amides is 2. The molecule has 0 heterocycles. The number of hydrogen-bond donors (Lipinski definition) is 2. The Labute approximate surface area is 254 Å². The summed E-state index contributed by atoms with van der Waals surface area (Å²) in [6, 6.07) is 28.3. The molecule has 0 unspecified atom stereocenters. The predicted octanol–water partition coefficient (Wildman–Crippen LogP) is 4.71. The quantitative estimate of drug-likeness (QED) is 0.165. The zero-order valence-electron chi connectivity index (χ0n) is 23.1. The maximum Gasteiger partial charge on any atom is 0.262 e. The number of carbonyl (C=O) groups is 2. The first-order valence-electron chi connectivity index (χ1n) is 13.0. The Hall–Kier alpha value is -4.71. The number of sulfonamides is 1. The second-order valence-electron chi connectivity index (χ2n) is 9.14. The van der Waals surface area contributed by atoms with Crippen LogP contribution in [0.3, 0.4) is 0 Å². The molecular weight excluding hydrogens is 592 g/mol. The van der Waals surface area contributed by atoms with Gasteiger partial charge in [0.25, 0.3) is 11.8 Å². The van der Waals surface area contributed by atoms with Gasteiger partial charge in [0.15, 0.2) is 6.61 Å². The SMILES string of the molecule is COc1ccc(NC(=O)COc2ccc(/C=N/NC(=O)CN(Cc3ccccc3)S(=O)(=O)c3ccc(Cl)cc3)cc2)cc1. The molecule has 0 aliphatic carbocycles. The summed E-state index contributed by atoms with van der Waals surface area (Å²) in [6.07, 6.45) is 1.41. The lowest BCUT2D eigenvalue weighted by Crippen LogP contribution is -2.39. The smallest absolute Gasteiger partial charge is 0.262 e. The molecule has 4 aromatic rings. The zero-order chi connectivity index (χ0) is 30.7. The highest BCUT2D eigenvalue weighted by Gasteiger charge is 2.27. The van der Waals surface area contributed by atoms with Crippen LogP contribution in [0, 0.1) is 0 Å². The van der Waals surface area contributed by atoms with E-state index in [2.05, 4.69) is 15.8 Å². The van der Waals surface area contributed by atoms with Crippen LogP contribution < -0.4 is 20.2 Å². The highest BCUT2D eigenvalue weighted by atomic mass is 35.5. The van der Waals surface area contributed by atoms with E-state index in [9.17, 15) is 18.0 Å². The van der Waals surface area contributed by atoms with Crippen LogP contribution in [-0.4, -0.2) is 51.0 Å². The lowest BCUT2D eigenvalue weighted by atomic mass is 10.2. The Morgan fingerprint density at radius 1 is 0.860 bits per heavy atom. The number of nitrogens with zero attached hydrogens (tertiary/aromatic N) is 2. The molecule has 0 spiro atoms. The van der Waals surface area contributed by atoms with Gasteiger partial charge in [-0.05, 0) is 83.9 Å². The third-order valence-electron chi connectivity index (χ3n) is 6.00. The molecule has 4 aromatic carbocycles. The molecule has 0 saturated carbocycles. The van der Waals surface area contributed by atoms with Gasteiger partial charge in [0.2, 0.25) is 10.0 Å². The summed E-state index contributed by atoms with van der Waals surface area (Å²) < 4.78 is 38.4. The molecule has 2 N–H and O–H groups in total. The summed E-state index contributed by atoms with van der Waals surface area (Å²) in [5.74, 6) is 0.213. The first-order valence-corrected chi connectivity index (χ1v) is 14.8.